The molecule has 1 fully saturated rings. The largest absolute Gasteiger partial charge is 0.356 e. The molecule has 0 aliphatic carbocycles. The van der Waals surface area contributed by atoms with Gasteiger partial charge in [-0.15, -0.1) is 24.0 Å². The Hall–Kier alpha value is -0.860. The number of aryl methyl sites for hydroxylation is 1. The first kappa shape index (κ1) is 23.2. The molecule has 26 heavy (non-hydrogen) atoms. The Morgan fingerprint density at radius 1 is 1.15 bits per heavy atom. The molecule has 5 nitrogen and oxygen atoms in total. The molecule has 2 N–H and O–H groups in total. The SMILES string of the molecule is CCN1CCN(CC(C)CNC(=NC)NCc2cccc(C)c2)CC1.I. The smallest absolute Gasteiger partial charge is 0.191 e. The van der Waals surface area contributed by atoms with Crippen LogP contribution in [0.15, 0.2) is 29.3 Å². The van der Waals surface area contributed by atoms with Crippen LogP contribution in [0.4, 0.5) is 0 Å². The van der Waals surface area contributed by atoms with Crippen LogP contribution in [0.3, 0.4) is 0 Å². The number of nitrogens with zero attached hydrogens (tertiary/aromatic N) is 3. The molecule has 0 aromatic heterocycles. The molecule has 1 aromatic rings. The predicted molar refractivity (Wildman–Crippen MR) is 123 cm³/mol. The Labute approximate surface area is 176 Å². The second kappa shape index (κ2) is 12.5. The number of benzene rings is 1. The normalized spacial score (nSPS) is 17.5. The molecule has 6 heteroatoms. The molecule has 0 bridgehead atoms. The van der Waals surface area contributed by atoms with E-state index < -0.39 is 0 Å². The van der Waals surface area contributed by atoms with Gasteiger partial charge >= 0.3 is 0 Å². The van der Waals surface area contributed by atoms with Gasteiger partial charge in [-0.1, -0.05) is 43.7 Å². The lowest BCUT2D eigenvalue weighted by atomic mass is 10.1. The molecule has 1 aromatic carbocycles. The van der Waals surface area contributed by atoms with E-state index in [2.05, 4.69) is 70.5 Å². The summed E-state index contributed by atoms with van der Waals surface area (Å²) in [7, 11) is 1.83. The summed E-state index contributed by atoms with van der Waals surface area (Å²) in [5.74, 6) is 1.48. The Morgan fingerprint density at radius 3 is 2.46 bits per heavy atom. The average molecular weight is 473 g/mol. The third-order valence-corrected chi connectivity index (χ3v) is 4.87. The summed E-state index contributed by atoms with van der Waals surface area (Å²) >= 11 is 0. The number of aliphatic imine (C=N–C) groups is 1. The number of hydrogen-bond donors (Lipinski definition) is 2. The van der Waals surface area contributed by atoms with Crippen molar-refractivity contribution in [3.05, 3.63) is 35.4 Å². The van der Waals surface area contributed by atoms with Crippen LogP contribution in [0.5, 0.6) is 0 Å². The fourth-order valence-corrected chi connectivity index (χ4v) is 3.29. The Balaban J connectivity index is 0.00000338. The van der Waals surface area contributed by atoms with E-state index in [4.69, 9.17) is 0 Å². The molecule has 148 valence electrons. The quantitative estimate of drug-likeness (QED) is 0.363. The second-order valence-electron chi connectivity index (χ2n) is 7.14. The molecule has 1 unspecified atom stereocenters. The fraction of sp³-hybridized carbons (Fsp3) is 0.650. The third kappa shape index (κ3) is 8.22. The zero-order valence-electron chi connectivity index (χ0n) is 16.8. The second-order valence-corrected chi connectivity index (χ2v) is 7.14. The minimum atomic E-state index is 0. The van der Waals surface area contributed by atoms with Gasteiger partial charge in [-0.25, -0.2) is 0 Å². The number of halogens is 1. The number of nitrogens with one attached hydrogen (secondary N) is 2. The lowest BCUT2D eigenvalue weighted by Crippen LogP contribution is -2.48. The number of guanidine groups is 1. The van der Waals surface area contributed by atoms with E-state index in [0.717, 1.165) is 25.6 Å². The van der Waals surface area contributed by atoms with Gasteiger partial charge in [0.15, 0.2) is 5.96 Å². The van der Waals surface area contributed by atoms with Gasteiger partial charge < -0.3 is 20.4 Å². The standard InChI is InChI=1S/C20H35N5.HI/c1-5-24-9-11-25(12-10-24)16-18(3)14-22-20(21-4)23-15-19-8-6-7-17(2)13-19;/h6-8,13,18H,5,9-12,14-16H2,1-4H3,(H2,21,22,23);1H. The van der Waals surface area contributed by atoms with Crippen molar-refractivity contribution in [3.8, 4) is 0 Å². The lowest BCUT2D eigenvalue weighted by Gasteiger charge is -2.35. The summed E-state index contributed by atoms with van der Waals surface area (Å²) in [6.07, 6.45) is 0. The lowest BCUT2D eigenvalue weighted by molar-refractivity contribution is 0.124. The zero-order valence-corrected chi connectivity index (χ0v) is 19.1. The van der Waals surface area contributed by atoms with Crippen molar-refractivity contribution in [2.24, 2.45) is 10.9 Å². The van der Waals surface area contributed by atoms with Crippen molar-refractivity contribution in [1.29, 1.82) is 0 Å². The van der Waals surface area contributed by atoms with Crippen molar-refractivity contribution >= 4 is 29.9 Å². The number of piperazine rings is 1. The van der Waals surface area contributed by atoms with E-state index >= 15 is 0 Å². The highest BCUT2D eigenvalue weighted by atomic mass is 127. The van der Waals surface area contributed by atoms with Crippen molar-refractivity contribution in [2.45, 2.75) is 27.3 Å². The van der Waals surface area contributed by atoms with Gasteiger partial charge in [-0.05, 0) is 24.9 Å². The number of rotatable bonds is 7. The van der Waals surface area contributed by atoms with Crippen molar-refractivity contribution in [1.82, 2.24) is 20.4 Å². The Kier molecular flexibility index (Phi) is 11.2. The number of hydrogen-bond acceptors (Lipinski definition) is 3. The molecule has 1 saturated heterocycles. The fourth-order valence-electron chi connectivity index (χ4n) is 3.29. The van der Waals surface area contributed by atoms with E-state index in [1.807, 2.05) is 7.05 Å². The molecule has 0 radical (unpaired) electrons. The minimum Gasteiger partial charge on any atom is -0.356 e. The summed E-state index contributed by atoms with van der Waals surface area (Å²) < 4.78 is 0. The van der Waals surface area contributed by atoms with Gasteiger partial charge in [0.25, 0.3) is 0 Å². The molecule has 0 saturated carbocycles. The average Bonchev–Trinajstić information content (AvgIpc) is 2.62. The van der Waals surface area contributed by atoms with Crippen molar-refractivity contribution in [3.63, 3.8) is 0 Å². The van der Waals surface area contributed by atoms with Crippen LogP contribution in [-0.2, 0) is 6.54 Å². The highest BCUT2D eigenvalue weighted by molar-refractivity contribution is 14.0. The zero-order chi connectivity index (χ0) is 18.1. The van der Waals surface area contributed by atoms with Crippen LogP contribution < -0.4 is 10.6 Å². The molecule has 1 heterocycles. The van der Waals surface area contributed by atoms with Gasteiger partial charge in [0, 0.05) is 52.9 Å². The molecular formula is C20H36IN5. The van der Waals surface area contributed by atoms with Gasteiger partial charge in [0.1, 0.15) is 0 Å². The summed E-state index contributed by atoms with van der Waals surface area (Å²) in [4.78, 5) is 9.45. The van der Waals surface area contributed by atoms with Crippen LogP contribution in [0.2, 0.25) is 0 Å². The predicted octanol–water partition coefficient (Wildman–Crippen LogP) is 2.55. The first-order valence-electron chi connectivity index (χ1n) is 9.55. The molecule has 1 aliphatic rings. The van der Waals surface area contributed by atoms with Gasteiger partial charge in [0.05, 0.1) is 0 Å². The van der Waals surface area contributed by atoms with Crippen molar-refractivity contribution in [2.75, 3.05) is 52.9 Å². The molecule has 1 atom stereocenters. The van der Waals surface area contributed by atoms with Crippen LogP contribution in [-0.4, -0.2) is 68.6 Å². The van der Waals surface area contributed by atoms with E-state index in [1.165, 1.54) is 43.9 Å². The highest BCUT2D eigenvalue weighted by Crippen LogP contribution is 2.05. The third-order valence-electron chi connectivity index (χ3n) is 4.87. The van der Waals surface area contributed by atoms with Crippen LogP contribution >= 0.6 is 24.0 Å². The first-order chi connectivity index (χ1) is 12.1. The van der Waals surface area contributed by atoms with Crippen LogP contribution in [0.25, 0.3) is 0 Å². The molecular weight excluding hydrogens is 437 g/mol. The Bertz CT molecular complexity index is 541. The summed E-state index contributed by atoms with van der Waals surface area (Å²) in [6, 6.07) is 8.58. The maximum Gasteiger partial charge on any atom is 0.191 e. The van der Waals surface area contributed by atoms with E-state index in [1.54, 1.807) is 0 Å². The summed E-state index contributed by atoms with van der Waals surface area (Å²) in [5, 5.41) is 6.87. The highest BCUT2D eigenvalue weighted by Gasteiger charge is 2.17. The summed E-state index contributed by atoms with van der Waals surface area (Å²) in [5.41, 5.74) is 2.57. The van der Waals surface area contributed by atoms with E-state index in [0.29, 0.717) is 5.92 Å². The van der Waals surface area contributed by atoms with Gasteiger partial charge in [0.2, 0.25) is 0 Å². The van der Waals surface area contributed by atoms with Crippen LogP contribution in [0, 0.1) is 12.8 Å². The minimum absolute atomic E-state index is 0. The molecule has 2 rings (SSSR count). The van der Waals surface area contributed by atoms with Gasteiger partial charge in [-0.2, -0.15) is 0 Å². The number of likely N-dealkylation sites (N-methyl/N-ethyl adjacent to an activating group) is 1. The topological polar surface area (TPSA) is 42.9 Å². The maximum atomic E-state index is 4.34. The molecule has 0 amide bonds. The summed E-state index contributed by atoms with van der Waals surface area (Å²) in [6.45, 7) is 15.6. The maximum absolute atomic E-state index is 4.34. The van der Waals surface area contributed by atoms with Gasteiger partial charge in [-0.3, -0.25) is 4.99 Å². The van der Waals surface area contributed by atoms with E-state index in [9.17, 15) is 0 Å². The molecule has 0 spiro atoms. The first-order valence-corrected chi connectivity index (χ1v) is 9.55. The monoisotopic (exact) mass is 473 g/mol. The Morgan fingerprint density at radius 2 is 1.85 bits per heavy atom. The molecule has 1 aliphatic heterocycles. The van der Waals surface area contributed by atoms with E-state index in [-0.39, 0.29) is 24.0 Å². The van der Waals surface area contributed by atoms with Crippen LogP contribution in [0.1, 0.15) is 25.0 Å². The van der Waals surface area contributed by atoms with Crippen molar-refractivity contribution < 1.29 is 0 Å².